The van der Waals surface area contributed by atoms with E-state index >= 15 is 0 Å². The Balaban J connectivity index is 1.86. The minimum absolute atomic E-state index is 0.445. The topological polar surface area (TPSA) is 68.3 Å². The average molecular weight is 307 g/mol. The lowest BCUT2D eigenvalue weighted by Gasteiger charge is -2.12. The van der Waals surface area contributed by atoms with Crippen LogP contribution >= 0.6 is 11.6 Å². The van der Waals surface area contributed by atoms with E-state index < -0.39 is 0 Å². The summed E-state index contributed by atoms with van der Waals surface area (Å²) >= 11 is 6.10. The molecule has 0 radical (unpaired) electrons. The van der Waals surface area contributed by atoms with E-state index in [9.17, 15) is 0 Å². The number of anilines is 3. The summed E-state index contributed by atoms with van der Waals surface area (Å²) in [6.07, 6.45) is 2.42. The van der Waals surface area contributed by atoms with E-state index in [1.165, 1.54) is 0 Å². The predicted octanol–water partition coefficient (Wildman–Crippen LogP) is 3.08. The molecule has 2 N–H and O–H groups in total. The van der Waals surface area contributed by atoms with E-state index in [1.54, 1.807) is 13.2 Å². The molecule has 7 heteroatoms. The second-order valence-corrected chi connectivity index (χ2v) is 4.88. The number of aromatic nitrogens is 2. The van der Waals surface area contributed by atoms with Crippen LogP contribution in [-0.2, 0) is 0 Å². The second kappa shape index (κ2) is 6.05. The van der Waals surface area contributed by atoms with Crippen molar-refractivity contribution in [1.29, 1.82) is 0 Å². The SMILES string of the molecule is CNc1ncc(Cl)c(Nc2ccc3c(c2)OCCCO3)n1. The van der Waals surface area contributed by atoms with Crippen molar-refractivity contribution >= 4 is 29.1 Å². The minimum atomic E-state index is 0.445. The van der Waals surface area contributed by atoms with Gasteiger partial charge in [-0.25, -0.2) is 4.98 Å². The number of benzene rings is 1. The molecule has 2 heterocycles. The van der Waals surface area contributed by atoms with Crippen LogP contribution in [0, 0.1) is 0 Å². The third-order valence-electron chi connectivity index (χ3n) is 2.98. The molecule has 1 aliphatic rings. The molecular weight excluding hydrogens is 292 g/mol. The van der Waals surface area contributed by atoms with Gasteiger partial charge in [0.1, 0.15) is 5.02 Å². The standard InChI is InChI=1S/C14H15ClN4O2/c1-16-14-17-8-10(15)13(19-14)18-9-3-4-11-12(7-9)21-6-2-5-20-11/h3-4,7-8H,2,5-6H2,1H3,(H2,16,17,18,19). The number of nitrogens with zero attached hydrogens (tertiary/aromatic N) is 2. The van der Waals surface area contributed by atoms with Gasteiger partial charge in [0, 0.05) is 25.2 Å². The van der Waals surface area contributed by atoms with Crippen LogP contribution in [0.4, 0.5) is 17.5 Å². The van der Waals surface area contributed by atoms with Gasteiger partial charge in [0.05, 0.1) is 19.4 Å². The summed E-state index contributed by atoms with van der Waals surface area (Å²) < 4.78 is 11.3. The van der Waals surface area contributed by atoms with Gasteiger partial charge in [0.2, 0.25) is 5.95 Å². The molecule has 0 saturated carbocycles. The number of rotatable bonds is 3. The zero-order chi connectivity index (χ0) is 14.7. The Labute approximate surface area is 127 Å². The highest BCUT2D eigenvalue weighted by Gasteiger charge is 2.12. The number of fused-ring (bicyclic) bond motifs is 1. The monoisotopic (exact) mass is 306 g/mol. The van der Waals surface area contributed by atoms with Gasteiger partial charge in [-0.15, -0.1) is 0 Å². The van der Waals surface area contributed by atoms with Crippen LogP contribution in [0.15, 0.2) is 24.4 Å². The molecule has 6 nitrogen and oxygen atoms in total. The molecule has 0 aliphatic carbocycles. The normalized spacial score (nSPS) is 13.4. The van der Waals surface area contributed by atoms with Crippen LogP contribution in [0.1, 0.15) is 6.42 Å². The summed E-state index contributed by atoms with van der Waals surface area (Å²) in [4.78, 5) is 8.32. The molecule has 0 bridgehead atoms. The van der Waals surface area contributed by atoms with Crippen molar-refractivity contribution in [3.05, 3.63) is 29.4 Å². The molecule has 2 aromatic rings. The Kier molecular flexibility index (Phi) is 3.96. The maximum absolute atomic E-state index is 6.10. The maximum atomic E-state index is 6.10. The van der Waals surface area contributed by atoms with E-state index in [4.69, 9.17) is 21.1 Å². The fourth-order valence-corrected chi connectivity index (χ4v) is 2.09. The van der Waals surface area contributed by atoms with Crippen molar-refractivity contribution in [3.8, 4) is 11.5 Å². The fraction of sp³-hybridized carbons (Fsp3) is 0.286. The Morgan fingerprint density at radius 1 is 1.19 bits per heavy atom. The van der Waals surface area contributed by atoms with E-state index in [2.05, 4.69) is 20.6 Å². The van der Waals surface area contributed by atoms with Crippen molar-refractivity contribution in [2.45, 2.75) is 6.42 Å². The zero-order valence-electron chi connectivity index (χ0n) is 11.5. The maximum Gasteiger partial charge on any atom is 0.224 e. The number of ether oxygens (including phenoxy) is 2. The number of halogens is 1. The van der Waals surface area contributed by atoms with E-state index in [0.29, 0.717) is 30.0 Å². The van der Waals surface area contributed by atoms with Crippen LogP contribution in [0.25, 0.3) is 0 Å². The molecule has 0 unspecified atom stereocenters. The van der Waals surface area contributed by atoms with Crippen molar-refractivity contribution in [1.82, 2.24) is 9.97 Å². The van der Waals surface area contributed by atoms with Crippen LogP contribution < -0.4 is 20.1 Å². The second-order valence-electron chi connectivity index (χ2n) is 4.48. The highest BCUT2D eigenvalue weighted by Crippen LogP contribution is 2.34. The van der Waals surface area contributed by atoms with Crippen molar-refractivity contribution in [2.24, 2.45) is 0 Å². The third kappa shape index (κ3) is 3.11. The summed E-state index contributed by atoms with van der Waals surface area (Å²) in [7, 11) is 1.75. The van der Waals surface area contributed by atoms with Crippen molar-refractivity contribution < 1.29 is 9.47 Å². The fourth-order valence-electron chi connectivity index (χ4n) is 1.95. The number of hydrogen-bond acceptors (Lipinski definition) is 6. The van der Waals surface area contributed by atoms with Crippen molar-refractivity contribution in [2.75, 3.05) is 30.9 Å². The molecule has 3 rings (SSSR count). The minimum Gasteiger partial charge on any atom is -0.490 e. The Morgan fingerprint density at radius 2 is 2.00 bits per heavy atom. The molecule has 1 aromatic heterocycles. The Morgan fingerprint density at radius 3 is 2.81 bits per heavy atom. The molecule has 0 saturated heterocycles. The third-order valence-corrected chi connectivity index (χ3v) is 3.25. The Bertz CT molecular complexity index is 651. The first-order valence-electron chi connectivity index (χ1n) is 6.63. The molecule has 1 aliphatic heterocycles. The molecule has 0 atom stereocenters. The van der Waals surface area contributed by atoms with Gasteiger partial charge in [0.25, 0.3) is 0 Å². The first-order chi connectivity index (χ1) is 10.3. The van der Waals surface area contributed by atoms with Gasteiger partial charge in [-0.2, -0.15) is 4.98 Å². The lowest BCUT2D eigenvalue weighted by Crippen LogP contribution is -2.01. The number of nitrogens with one attached hydrogen (secondary N) is 2. The van der Waals surface area contributed by atoms with Gasteiger partial charge in [-0.05, 0) is 12.1 Å². The number of hydrogen-bond donors (Lipinski definition) is 2. The quantitative estimate of drug-likeness (QED) is 0.908. The zero-order valence-corrected chi connectivity index (χ0v) is 12.3. The van der Waals surface area contributed by atoms with Crippen molar-refractivity contribution in [3.63, 3.8) is 0 Å². The summed E-state index contributed by atoms with van der Waals surface area (Å²) in [5, 5.41) is 6.48. The smallest absolute Gasteiger partial charge is 0.224 e. The molecule has 110 valence electrons. The largest absolute Gasteiger partial charge is 0.490 e. The van der Waals surface area contributed by atoms with Crippen LogP contribution in [-0.4, -0.2) is 30.2 Å². The molecule has 1 aromatic carbocycles. The van der Waals surface area contributed by atoms with Crippen LogP contribution in [0.5, 0.6) is 11.5 Å². The lowest BCUT2D eigenvalue weighted by atomic mass is 10.2. The first-order valence-corrected chi connectivity index (χ1v) is 7.01. The van der Waals surface area contributed by atoms with Crippen LogP contribution in [0.2, 0.25) is 5.02 Å². The van der Waals surface area contributed by atoms with E-state index in [1.807, 2.05) is 18.2 Å². The van der Waals surface area contributed by atoms with E-state index in [0.717, 1.165) is 23.6 Å². The molecule has 0 fully saturated rings. The lowest BCUT2D eigenvalue weighted by molar-refractivity contribution is 0.297. The van der Waals surface area contributed by atoms with Gasteiger partial charge in [0.15, 0.2) is 17.3 Å². The summed E-state index contributed by atoms with van der Waals surface area (Å²) in [5.74, 6) is 2.50. The summed E-state index contributed by atoms with van der Waals surface area (Å²) in [6, 6.07) is 5.64. The van der Waals surface area contributed by atoms with Gasteiger partial charge in [-0.3, -0.25) is 0 Å². The van der Waals surface area contributed by atoms with Crippen LogP contribution in [0.3, 0.4) is 0 Å². The summed E-state index contributed by atoms with van der Waals surface area (Å²) in [5.41, 5.74) is 0.821. The van der Waals surface area contributed by atoms with Gasteiger partial charge in [-0.1, -0.05) is 11.6 Å². The first kappa shape index (κ1) is 13.8. The molecule has 0 amide bonds. The molecule has 21 heavy (non-hydrogen) atoms. The molecular formula is C14H15ClN4O2. The highest BCUT2D eigenvalue weighted by atomic mass is 35.5. The van der Waals surface area contributed by atoms with Gasteiger partial charge < -0.3 is 20.1 Å². The highest BCUT2D eigenvalue weighted by molar-refractivity contribution is 6.32. The Hall–Kier alpha value is -2.21. The summed E-state index contributed by atoms with van der Waals surface area (Å²) in [6.45, 7) is 1.32. The average Bonchev–Trinajstić information content (AvgIpc) is 2.74. The van der Waals surface area contributed by atoms with E-state index in [-0.39, 0.29) is 0 Å². The predicted molar refractivity (Wildman–Crippen MR) is 81.9 cm³/mol. The van der Waals surface area contributed by atoms with Gasteiger partial charge >= 0.3 is 0 Å². The molecule has 0 spiro atoms.